The van der Waals surface area contributed by atoms with Crippen molar-refractivity contribution < 1.29 is 33.3 Å². The third-order valence-electron chi connectivity index (χ3n) is 7.53. The first kappa shape index (κ1) is 32.2. The van der Waals surface area contributed by atoms with E-state index >= 15 is 0 Å². The van der Waals surface area contributed by atoms with Crippen LogP contribution in [0.2, 0.25) is 5.02 Å². The number of carbonyl (C=O) groups excluding carboxylic acids is 3. The number of hydrogen-bond donors (Lipinski definition) is 1. The summed E-state index contributed by atoms with van der Waals surface area (Å²) in [4.78, 5) is 40.4. The summed E-state index contributed by atoms with van der Waals surface area (Å²) in [6, 6.07) is 11.6. The van der Waals surface area contributed by atoms with Crippen LogP contribution in [0.4, 0.5) is 10.5 Å². The topological polar surface area (TPSA) is 121 Å². The van der Waals surface area contributed by atoms with Crippen LogP contribution in [0.3, 0.4) is 0 Å². The van der Waals surface area contributed by atoms with E-state index in [0.717, 1.165) is 24.1 Å². The van der Waals surface area contributed by atoms with Gasteiger partial charge in [-0.3, -0.25) is 4.79 Å². The van der Waals surface area contributed by atoms with Crippen molar-refractivity contribution in [3.05, 3.63) is 64.9 Å². The van der Waals surface area contributed by atoms with E-state index in [9.17, 15) is 14.4 Å². The molecular weight excluding hydrogens is 600 g/mol. The molecule has 0 bridgehead atoms. The number of alkyl carbamates (subject to hydrolysis) is 1. The fourth-order valence-corrected chi connectivity index (χ4v) is 5.14. The molecule has 12 heteroatoms. The molecule has 11 nitrogen and oxygen atoms in total. The van der Waals surface area contributed by atoms with Crippen LogP contribution in [-0.4, -0.2) is 59.2 Å². The van der Waals surface area contributed by atoms with Crippen LogP contribution in [0, 0.1) is 11.8 Å². The number of hydrogen-bond acceptors (Lipinski definition) is 8. The second-order valence-corrected chi connectivity index (χ2v) is 13.1. The molecule has 2 aliphatic rings. The molecule has 1 aromatic heterocycles. The summed E-state index contributed by atoms with van der Waals surface area (Å²) in [5, 5.41) is 7.78. The Labute approximate surface area is 267 Å². The molecule has 5 rings (SSSR count). The molecule has 1 aliphatic carbocycles. The number of anilines is 1. The maximum atomic E-state index is 13.3. The lowest BCUT2D eigenvalue weighted by molar-refractivity contribution is -0.155. The molecular formula is C33H39ClN4O7. The number of nitrogens with zero attached hydrogens (tertiary/aromatic N) is 3. The van der Waals surface area contributed by atoms with Crippen molar-refractivity contribution in [1.29, 1.82) is 0 Å². The van der Waals surface area contributed by atoms with Crippen molar-refractivity contribution in [1.82, 2.24) is 15.1 Å². The fraction of sp³-hybridized carbons (Fsp3) is 0.455. The summed E-state index contributed by atoms with van der Waals surface area (Å²) in [5.74, 6) is 0.0822. The summed E-state index contributed by atoms with van der Waals surface area (Å²) >= 11 is 6.00. The van der Waals surface area contributed by atoms with Gasteiger partial charge < -0.3 is 29.2 Å². The lowest BCUT2D eigenvalue weighted by Gasteiger charge is -2.27. The summed E-state index contributed by atoms with van der Waals surface area (Å²) in [6.45, 7) is 9.40. The molecule has 0 spiro atoms. The van der Waals surface area contributed by atoms with E-state index in [0.29, 0.717) is 34.4 Å². The van der Waals surface area contributed by atoms with Gasteiger partial charge in [0.25, 0.3) is 5.91 Å². The van der Waals surface area contributed by atoms with E-state index < -0.39 is 29.8 Å². The average Bonchev–Trinajstić information content (AvgIpc) is 3.67. The minimum Gasteiger partial charge on any atom is -0.493 e. The predicted molar refractivity (Wildman–Crippen MR) is 168 cm³/mol. The Hall–Kier alpha value is -4.25. The quantitative estimate of drug-likeness (QED) is 0.256. The zero-order chi connectivity index (χ0) is 32.5. The van der Waals surface area contributed by atoms with E-state index in [1.54, 1.807) is 60.7 Å². The number of fused-ring (bicyclic) bond motifs is 1. The molecule has 3 aromatic rings. The van der Waals surface area contributed by atoms with Gasteiger partial charge in [0.1, 0.15) is 24.4 Å². The Bertz CT molecular complexity index is 1560. The summed E-state index contributed by atoms with van der Waals surface area (Å²) < 4.78 is 24.6. The highest BCUT2D eigenvalue weighted by atomic mass is 35.5. The zero-order valence-corrected chi connectivity index (χ0v) is 27.1. The lowest BCUT2D eigenvalue weighted by Crippen LogP contribution is -2.48. The number of ether oxygens (including phenoxy) is 4. The first-order valence-electron chi connectivity index (χ1n) is 15.0. The summed E-state index contributed by atoms with van der Waals surface area (Å²) in [5.41, 5.74) is 1.95. The molecule has 0 saturated heterocycles. The Kier molecular flexibility index (Phi) is 9.29. The summed E-state index contributed by atoms with van der Waals surface area (Å²) in [6.07, 6.45) is 2.49. The second kappa shape index (κ2) is 13.0. The maximum absolute atomic E-state index is 13.3. The molecule has 1 N–H and O–H groups in total. The highest BCUT2D eigenvalue weighted by molar-refractivity contribution is 6.30. The SMILES string of the molecule is COc1cc(N2Cc3cn(-c4ccc(Cl)cc4)nc3C2=O)ccc1OCC(OC(=O)C(NC(=O)OC(C)(C)C)C(C)C)C1CC1. The van der Waals surface area contributed by atoms with E-state index in [1.807, 2.05) is 32.2 Å². The highest BCUT2D eigenvalue weighted by Gasteiger charge is 2.38. The molecule has 2 atom stereocenters. The molecule has 0 radical (unpaired) electrons. The Balaban J connectivity index is 1.23. The van der Waals surface area contributed by atoms with Crippen molar-refractivity contribution in [3.63, 3.8) is 0 Å². The standard InChI is InChI=1S/C33H39ClN4O7/c1-19(2)28(35-32(41)45-33(3,4)5)31(40)44-27(20-7-8-20)18-43-25-14-13-24(15-26(25)42-6)37-16-21-17-38(36-29(21)30(37)39)23-11-9-22(34)10-12-23/h9-15,17,19-20,27-28H,7-8,16,18H2,1-6H3,(H,35,41). The van der Waals surface area contributed by atoms with Crippen LogP contribution in [0.15, 0.2) is 48.7 Å². The van der Waals surface area contributed by atoms with Gasteiger partial charge in [-0.05, 0) is 81.8 Å². The van der Waals surface area contributed by atoms with Crippen molar-refractivity contribution in [2.24, 2.45) is 11.8 Å². The highest BCUT2D eigenvalue weighted by Crippen LogP contribution is 2.38. The Morgan fingerprint density at radius 1 is 1.07 bits per heavy atom. The lowest BCUT2D eigenvalue weighted by atomic mass is 10.0. The molecule has 1 saturated carbocycles. The minimum atomic E-state index is -0.870. The van der Waals surface area contributed by atoms with Crippen LogP contribution >= 0.6 is 11.6 Å². The van der Waals surface area contributed by atoms with Crippen LogP contribution in [0.5, 0.6) is 11.5 Å². The number of rotatable bonds is 11. The molecule has 2 aromatic carbocycles. The van der Waals surface area contributed by atoms with Crippen LogP contribution in [-0.2, 0) is 20.8 Å². The summed E-state index contributed by atoms with van der Waals surface area (Å²) in [7, 11) is 1.52. The smallest absolute Gasteiger partial charge is 0.408 e. The number of benzene rings is 2. The molecule has 1 fully saturated rings. The number of carbonyl (C=O) groups is 3. The Morgan fingerprint density at radius 3 is 2.36 bits per heavy atom. The average molecular weight is 639 g/mol. The van der Waals surface area contributed by atoms with Gasteiger partial charge in [0.2, 0.25) is 0 Å². The molecule has 1 aliphatic heterocycles. The first-order valence-corrected chi connectivity index (χ1v) is 15.4. The van der Waals surface area contributed by atoms with Crippen LogP contribution in [0.25, 0.3) is 5.69 Å². The zero-order valence-electron chi connectivity index (χ0n) is 26.3. The van der Waals surface area contributed by atoms with Crippen molar-refractivity contribution in [2.45, 2.75) is 71.8 Å². The largest absolute Gasteiger partial charge is 0.493 e. The number of methoxy groups -OCH3 is 1. The van der Waals surface area contributed by atoms with Gasteiger partial charge in [-0.25, -0.2) is 14.3 Å². The minimum absolute atomic E-state index is 0.107. The van der Waals surface area contributed by atoms with Crippen molar-refractivity contribution >= 4 is 35.3 Å². The third-order valence-corrected chi connectivity index (χ3v) is 7.78. The van der Waals surface area contributed by atoms with Gasteiger partial charge in [-0.15, -0.1) is 0 Å². The second-order valence-electron chi connectivity index (χ2n) is 12.6. The molecule has 240 valence electrons. The number of esters is 1. The van der Waals surface area contributed by atoms with Crippen molar-refractivity contribution in [2.75, 3.05) is 18.6 Å². The predicted octanol–water partition coefficient (Wildman–Crippen LogP) is 5.94. The van der Waals surface area contributed by atoms with Crippen molar-refractivity contribution in [3.8, 4) is 17.2 Å². The maximum Gasteiger partial charge on any atom is 0.408 e. The number of nitrogens with one attached hydrogen (secondary N) is 1. The number of halogens is 1. The molecule has 2 heterocycles. The van der Waals surface area contributed by atoms with Gasteiger partial charge in [0.05, 0.1) is 19.3 Å². The molecule has 45 heavy (non-hydrogen) atoms. The number of amides is 2. The monoisotopic (exact) mass is 638 g/mol. The van der Waals surface area contributed by atoms with Crippen LogP contribution in [0.1, 0.15) is 63.5 Å². The fourth-order valence-electron chi connectivity index (χ4n) is 5.01. The van der Waals surface area contributed by atoms with Gasteiger partial charge >= 0.3 is 12.1 Å². The van der Waals surface area contributed by atoms with Gasteiger partial charge in [-0.1, -0.05) is 25.4 Å². The normalized spacial score (nSPS) is 15.8. The van der Waals surface area contributed by atoms with Gasteiger partial charge in [-0.2, -0.15) is 5.10 Å². The van der Waals surface area contributed by atoms with E-state index in [4.69, 9.17) is 30.5 Å². The van der Waals surface area contributed by atoms with E-state index in [-0.39, 0.29) is 24.3 Å². The Morgan fingerprint density at radius 2 is 1.76 bits per heavy atom. The van der Waals surface area contributed by atoms with Gasteiger partial charge in [0, 0.05) is 28.5 Å². The first-order chi connectivity index (χ1) is 21.3. The van der Waals surface area contributed by atoms with E-state index in [2.05, 4.69) is 10.4 Å². The van der Waals surface area contributed by atoms with Crippen LogP contribution < -0.4 is 19.7 Å². The molecule has 2 amide bonds. The van der Waals surface area contributed by atoms with Gasteiger partial charge in [0.15, 0.2) is 17.2 Å². The molecule has 2 unspecified atom stereocenters. The number of aromatic nitrogens is 2. The van der Waals surface area contributed by atoms with E-state index in [1.165, 1.54) is 7.11 Å². The third kappa shape index (κ3) is 7.70.